The molecule has 10 N–H and O–H groups in total. The molecule has 4 atom stereocenters. The molecular formula is C10H23NO9. The van der Waals surface area contributed by atoms with Gasteiger partial charge in [0.1, 0.15) is 24.4 Å². The largest absolute Gasteiger partial charge is 0.394 e. The van der Waals surface area contributed by atoms with Gasteiger partial charge in [-0.25, -0.2) is 0 Å². The number of carbonyl (C=O) groups is 1. The first kappa shape index (κ1) is 21.6. The Hall–Kier alpha value is -0.690. The average molecular weight is 301 g/mol. The minimum atomic E-state index is -1.79. The van der Waals surface area contributed by atoms with Gasteiger partial charge >= 0.3 is 0 Å². The molecule has 0 aromatic carbocycles. The summed E-state index contributed by atoms with van der Waals surface area (Å²) >= 11 is 0. The monoisotopic (exact) mass is 301 g/mol. The number of rotatable bonds is 8. The smallest absolute Gasteiger partial charge is 0.151 e. The third-order valence-electron chi connectivity index (χ3n) is 2.37. The molecule has 10 nitrogen and oxygen atoms in total. The topological polar surface area (TPSA) is 205 Å². The van der Waals surface area contributed by atoms with Gasteiger partial charge in [0.05, 0.1) is 32.0 Å². The van der Waals surface area contributed by atoms with Crippen LogP contribution in [0.15, 0.2) is 0 Å². The standard InChI is InChI=1S/C6H12O6.C4H11NO3/c7-1-3(9)5(11)6(12)4(10)2-8;5-4(1-6,2-7)3-8/h1,3-6,8-12H,2H2;6-8H,1-3,5H2/t3-,4+,5+,6+;/m0./s1. The van der Waals surface area contributed by atoms with Crippen molar-refractivity contribution in [2.75, 3.05) is 26.4 Å². The van der Waals surface area contributed by atoms with E-state index in [0.717, 1.165) is 0 Å². The molecule has 20 heavy (non-hydrogen) atoms. The van der Waals surface area contributed by atoms with E-state index in [4.69, 9.17) is 46.6 Å². The Labute approximate surface area is 115 Å². The summed E-state index contributed by atoms with van der Waals surface area (Å²) in [6, 6.07) is 0. The maximum atomic E-state index is 9.90. The van der Waals surface area contributed by atoms with Crippen molar-refractivity contribution in [1.82, 2.24) is 0 Å². The SMILES string of the molecule is NC(CO)(CO)CO.O=C[C@H](O)[C@@H](O)[C@H](O)[C@H](O)CO. The van der Waals surface area contributed by atoms with Crippen molar-refractivity contribution < 1.29 is 45.6 Å². The molecule has 0 amide bonds. The van der Waals surface area contributed by atoms with Gasteiger partial charge in [-0.15, -0.1) is 0 Å². The predicted molar refractivity (Wildman–Crippen MR) is 65.4 cm³/mol. The maximum absolute atomic E-state index is 9.90. The number of hydrogen-bond donors (Lipinski definition) is 9. The Morgan fingerprint density at radius 2 is 1.30 bits per heavy atom. The van der Waals surface area contributed by atoms with Gasteiger partial charge in [-0.2, -0.15) is 0 Å². The minimum absolute atomic E-state index is 0.0258. The van der Waals surface area contributed by atoms with Crippen molar-refractivity contribution in [1.29, 1.82) is 0 Å². The Kier molecular flexibility index (Phi) is 11.9. The van der Waals surface area contributed by atoms with E-state index in [1.54, 1.807) is 0 Å². The first-order chi connectivity index (χ1) is 9.22. The van der Waals surface area contributed by atoms with Gasteiger partial charge in [-0.3, -0.25) is 0 Å². The van der Waals surface area contributed by atoms with Crippen LogP contribution in [0.1, 0.15) is 0 Å². The molecule has 0 aliphatic rings. The molecule has 0 aliphatic carbocycles. The second-order valence-electron chi connectivity index (χ2n) is 4.19. The fourth-order valence-electron chi connectivity index (χ4n) is 0.768. The van der Waals surface area contributed by atoms with E-state index < -0.39 is 56.4 Å². The molecule has 0 aromatic heterocycles. The van der Waals surface area contributed by atoms with E-state index in [1.165, 1.54) is 0 Å². The fraction of sp³-hybridized carbons (Fsp3) is 0.900. The summed E-state index contributed by atoms with van der Waals surface area (Å²) in [5, 5.41) is 68.6. The van der Waals surface area contributed by atoms with Gasteiger partial charge in [-0.1, -0.05) is 0 Å². The highest BCUT2D eigenvalue weighted by Crippen LogP contribution is 2.02. The quantitative estimate of drug-likeness (QED) is 0.194. The van der Waals surface area contributed by atoms with Crippen LogP contribution in [0.25, 0.3) is 0 Å². The van der Waals surface area contributed by atoms with Crippen LogP contribution < -0.4 is 5.73 Å². The molecule has 0 unspecified atom stereocenters. The summed E-state index contributed by atoms with van der Waals surface area (Å²) in [5.74, 6) is 0. The molecule has 0 fully saturated rings. The van der Waals surface area contributed by atoms with Crippen LogP contribution in [-0.4, -0.2) is 104 Å². The van der Waals surface area contributed by atoms with E-state index in [1.807, 2.05) is 0 Å². The zero-order valence-electron chi connectivity index (χ0n) is 10.8. The molecule has 0 saturated heterocycles. The summed E-state index contributed by atoms with van der Waals surface area (Å²) in [4.78, 5) is 9.90. The van der Waals surface area contributed by atoms with Gasteiger partial charge in [-0.05, 0) is 0 Å². The van der Waals surface area contributed by atoms with E-state index in [2.05, 4.69) is 0 Å². The van der Waals surface area contributed by atoms with Crippen molar-refractivity contribution in [3.05, 3.63) is 0 Å². The summed E-state index contributed by atoms with van der Waals surface area (Å²) in [6.45, 7) is -1.97. The number of carbonyl (C=O) groups excluding carboxylic acids is 1. The zero-order valence-corrected chi connectivity index (χ0v) is 10.8. The molecule has 0 aliphatic heterocycles. The van der Waals surface area contributed by atoms with Crippen LogP contribution in [0.3, 0.4) is 0 Å². The molecule has 0 bridgehead atoms. The molecule has 0 aromatic rings. The minimum Gasteiger partial charge on any atom is -0.394 e. The van der Waals surface area contributed by atoms with E-state index in [-0.39, 0.29) is 6.29 Å². The zero-order chi connectivity index (χ0) is 16.3. The van der Waals surface area contributed by atoms with Crippen LogP contribution in [0.2, 0.25) is 0 Å². The number of aliphatic hydroxyl groups excluding tert-OH is 8. The highest BCUT2D eigenvalue weighted by molar-refractivity contribution is 5.56. The lowest BCUT2D eigenvalue weighted by Gasteiger charge is -2.22. The van der Waals surface area contributed by atoms with Crippen molar-refractivity contribution in [2.24, 2.45) is 5.73 Å². The van der Waals surface area contributed by atoms with Gasteiger partial charge < -0.3 is 51.4 Å². The maximum Gasteiger partial charge on any atom is 0.151 e. The summed E-state index contributed by atoms with van der Waals surface area (Å²) in [7, 11) is 0. The highest BCUT2D eigenvalue weighted by Gasteiger charge is 2.29. The molecule has 0 rings (SSSR count). The van der Waals surface area contributed by atoms with Gasteiger partial charge in [0.15, 0.2) is 6.29 Å². The summed E-state index contributed by atoms with van der Waals surface area (Å²) in [6.07, 6.45) is -6.84. The van der Waals surface area contributed by atoms with Gasteiger partial charge in [0.25, 0.3) is 0 Å². The highest BCUT2D eigenvalue weighted by atomic mass is 16.4. The first-order valence-corrected chi connectivity index (χ1v) is 5.62. The molecule has 0 heterocycles. The Balaban J connectivity index is 0. The van der Waals surface area contributed by atoms with Gasteiger partial charge in [0, 0.05) is 0 Å². The van der Waals surface area contributed by atoms with E-state index in [9.17, 15) is 4.79 Å². The van der Waals surface area contributed by atoms with Crippen LogP contribution >= 0.6 is 0 Å². The summed E-state index contributed by atoms with van der Waals surface area (Å²) < 4.78 is 0. The molecule has 0 spiro atoms. The van der Waals surface area contributed by atoms with Gasteiger partial charge in [0.2, 0.25) is 0 Å². The fourth-order valence-corrected chi connectivity index (χ4v) is 0.768. The first-order valence-electron chi connectivity index (χ1n) is 5.62. The predicted octanol–water partition coefficient (Wildman–Crippen LogP) is -5.72. The summed E-state index contributed by atoms with van der Waals surface area (Å²) in [5.41, 5.74) is 3.94. The van der Waals surface area contributed by atoms with Crippen molar-refractivity contribution in [3.63, 3.8) is 0 Å². The average Bonchev–Trinajstić information content (AvgIpc) is 2.51. The lowest BCUT2D eigenvalue weighted by Crippen LogP contribution is -2.50. The number of hydrogen-bond acceptors (Lipinski definition) is 10. The molecule has 122 valence electrons. The van der Waals surface area contributed by atoms with E-state index >= 15 is 0 Å². The molecule has 0 saturated carbocycles. The number of nitrogens with two attached hydrogens (primary N) is 1. The van der Waals surface area contributed by atoms with Crippen LogP contribution in [0.5, 0.6) is 0 Å². The lowest BCUT2D eigenvalue weighted by molar-refractivity contribution is -0.136. The molecule has 10 heteroatoms. The third-order valence-corrected chi connectivity index (χ3v) is 2.37. The van der Waals surface area contributed by atoms with Crippen molar-refractivity contribution in [2.45, 2.75) is 30.0 Å². The normalized spacial score (nSPS) is 17.4. The molecule has 0 radical (unpaired) electrons. The van der Waals surface area contributed by atoms with Crippen LogP contribution in [0.4, 0.5) is 0 Å². The number of aliphatic hydroxyl groups is 8. The second-order valence-corrected chi connectivity index (χ2v) is 4.19. The van der Waals surface area contributed by atoms with Crippen LogP contribution in [-0.2, 0) is 4.79 Å². The second kappa shape index (κ2) is 11.0. The lowest BCUT2D eigenvalue weighted by atomic mass is 10.0. The third kappa shape index (κ3) is 7.79. The van der Waals surface area contributed by atoms with E-state index in [0.29, 0.717) is 0 Å². The van der Waals surface area contributed by atoms with Crippen molar-refractivity contribution >= 4 is 6.29 Å². The van der Waals surface area contributed by atoms with Crippen molar-refractivity contribution in [3.8, 4) is 0 Å². The molecular weight excluding hydrogens is 278 g/mol. The number of aldehydes is 1. The Morgan fingerprint density at radius 3 is 1.50 bits per heavy atom. The Morgan fingerprint density at radius 1 is 0.900 bits per heavy atom. The van der Waals surface area contributed by atoms with Crippen LogP contribution in [0, 0.1) is 0 Å². The Bertz CT molecular complexity index is 241.